The number of aryl methyl sites for hydroxylation is 1. The molecule has 0 radical (unpaired) electrons. The number of carbonyl (C=O) groups excluding carboxylic acids is 1. The molecule has 2 aliphatic rings. The van der Waals surface area contributed by atoms with E-state index in [1.165, 1.54) is 21.3 Å². The van der Waals surface area contributed by atoms with Gasteiger partial charge in [0.1, 0.15) is 23.6 Å². The number of benzene rings is 1. The molecule has 1 saturated heterocycles. The molecule has 1 atom stereocenters. The van der Waals surface area contributed by atoms with Gasteiger partial charge in [0.05, 0.1) is 22.1 Å². The number of carbonyl (C=O) groups is 1. The smallest absolute Gasteiger partial charge is 0.354 e. The third kappa shape index (κ3) is 4.20. The second-order valence-electron chi connectivity index (χ2n) is 10.8. The summed E-state index contributed by atoms with van der Waals surface area (Å²) >= 11 is 6.88. The Morgan fingerprint density at radius 2 is 2.00 bits per heavy atom. The van der Waals surface area contributed by atoms with Gasteiger partial charge in [-0.15, -0.1) is 0 Å². The van der Waals surface area contributed by atoms with Crippen molar-refractivity contribution in [3.8, 4) is 17.1 Å². The van der Waals surface area contributed by atoms with Crippen molar-refractivity contribution < 1.29 is 13.9 Å². The van der Waals surface area contributed by atoms with Gasteiger partial charge in [-0.05, 0) is 55.7 Å². The van der Waals surface area contributed by atoms with Gasteiger partial charge in [0, 0.05) is 37.3 Å². The van der Waals surface area contributed by atoms with E-state index < -0.39 is 11.6 Å². The molecule has 0 N–H and O–H groups in total. The van der Waals surface area contributed by atoms with Crippen LogP contribution in [-0.4, -0.2) is 55.6 Å². The Hall–Kier alpha value is -4.18. The van der Waals surface area contributed by atoms with Crippen molar-refractivity contribution in [2.45, 2.75) is 46.3 Å². The summed E-state index contributed by atoms with van der Waals surface area (Å²) in [7, 11) is 0. The van der Waals surface area contributed by atoms with Crippen LogP contribution in [0.3, 0.4) is 0 Å². The maximum atomic E-state index is 15.1. The number of nitrogens with zero attached hydrogens (tertiary/aromatic N) is 6. The topological polar surface area (TPSA) is 85.5 Å². The Labute approximate surface area is 241 Å². The van der Waals surface area contributed by atoms with Crippen LogP contribution in [0.15, 0.2) is 47.9 Å². The minimum atomic E-state index is -0.519. The number of anilines is 1. The third-order valence-electron chi connectivity index (χ3n) is 7.85. The lowest BCUT2D eigenvalue weighted by Crippen LogP contribution is -2.54. The highest BCUT2D eigenvalue weighted by molar-refractivity contribution is 6.34. The molecule has 1 aromatic carbocycles. The highest BCUT2D eigenvalue weighted by Gasteiger charge is 2.33. The first kappa shape index (κ1) is 27.0. The van der Waals surface area contributed by atoms with E-state index in [-0.39, 0.29) is 29.5 Å². The highest BCUT2D eigenvalue weighted by Crippen LogP contribution is 2.45. The van der Waals surface area contributed by atoms with E-state index in [1.54, 1.807) is 23.2 Å². The van der Waals surface area contributed by atoms with Gasteiger partial charge in [0.25, 0.3) is 0 Å². The summed E-state index contributed by atoms with van der Waals surface area (Å²) in [6.07, 6.45) is 3.02. The number of ether oxygens (including phenoxy) is 1. The maximum Gasteiger partial charge on any atom is 0.354 e. The van der Waals surface area contributed by atoms with E-state index in [9.17, 15) is 9.59 Å². The fourth-order valence-corrected chi connectivity index (χ4v) is 6.19. The zero-order valence-corrected chi connectivity index (χ0v) is 24.1. The molecule has 0 aliphatic carbocycles. The average Bonchev–Trinajstić information content (AvgIpc) is 3.33. The Bertz CT molecular complexity index is 1800. The minimum absolute atomic E-state index is 0.000404. The number of hydrogen-bond acceptors (Lipinski definition) is 6. The van der Waals surface area contributed by atoms with Crippen LogP contribution in [-0.2, 0) is 11.4 Å². The Kier molecular flexibility index (Phi) is 6.60. The van der Waals surface area contributed by atoms with Gasteiger partial charge in [-0.3, -0.25) is 18.9 Å². The van der Waals surface area contributed by atoms with Crippen molar-refractivity contribution in [1.29, 1.82) is 0 Å². The van der Waals surface area contributed by atoms with Crippen LogP contribution in [0.25, 0.3) is 22.3 Å². The number of hydrogen-bond donors (Lipinski definition) is 0. The largest absolute Gasteiger partial charge is 0.483 e. The summed E-state index contributed by atoms with van der Waals surface area (Å²) < 4.78 is 24.3. The molecule has 0 saturated carbocycles. The van der Waals surface area contributed by atoms with Gasteiger partial charge in [-0.1, -0.05) is 32.0 Å². The summed E-state index contributed by atoms with van der Waals surface area (Å²) in [5.41, 5.74) is 3.02. The number of aromatic nitrogens is 4. The molecule has 3 aromatic heterocycles. The molecule has 41 heavy (non-hydrogen) atoms. The molecular weight excluding hydrogens is 547 g/mol. The molecule has 0 bridgehead atoms. The van der Waals surface area contributed by atoms with Gasteiger partial charge in [0.15, 0.2) is 11.7 Å². The number of piperazine rings is 1. The highest BCUT2D eigenvalue weighted by atomic mass is 35.5. The van der Waals surface area contributed by atoms with Crippen molar-refractivity contribution in [2.24, 2.45) is 0 Å². The van der Waals surface area contributed by atoms with Crippen molar-refractivity contribution in [2.75, 3.05) is 24.5 Å². The Morgan fingerprint density at radius 3 is 2.71 bits per heavy atom. The van der Waals surface area contributed by atoms with E-state index in [1.807, 2.05) is 38.7 Å². The van der Waals surface area contributed by atoms with Crippen molar-refractivity contribution in [1.82, 2.24) is 24.0 Å². The zero-order valence-electron chi connectivity index (χ0n) is 23.3. The number of fused-ring (bicyclic) bond motifs is 5. The van der Waals surface area contributed by atoms with E-state index in [2.05, 4.69) is 16.5 Å². The zero-order chi connectivity index (χ0) is 29.2. The van der Waals surface area contributed by atoms with Crippen molar-refractivity contribution >= 4 is 34.2 Å². The Balaban J connectivity index is 1.69. The molecule has 5 heterocycles. The fraction of sp³-hybridized carbons (Fsp3) is 0.333. The van der Waals surface area contributed by atoms with Crippen LogP contribution in [0.4, 0.5) is 10.2 Å². The first-order chi connectivity index (χ1) is 19.6. The van der Waals surface area contributed by atoms with Gasteiger partial charge in [-0.25, -0.2) is 4.79 Å². The van der Waals surface area contributed by atoms with Crippen LogP contribution >= 0.6 is 11.6 Å². The lowest BCUT2D eigenvalue weighted by Gasteiger charge is -2.40. The van der Waals surface area contributed by atoms with E-state index in [0.29, 0.717) is 59.2 Å². The lowest BCUT2D eigenvalue weighted by molar-refractivity contribution is -0.126. The van der Waals surface area contributed by atoms with E-state index in [0.717, 1.165) is 11.3 Å². The van der Waals surface area contributed by atoms with Crippen molar-refractivity contribution in [3.05, 3.63) is 81.5 Å². The molecule has 11 heteroatoms. The third-order valence-corrected chi connectivity index (χ3v) is 8.14. The monoisotopic (exact) mass is 576 g/mol. The number of rotatable bonds is 4. The van der Waals surface area contributed by atoms with Crippen molar-refractivity contribution in [3.63, 3.8) is 0 Å². The van der Waals surface area contributed by atoms with Gasteiger partial charge in [-0.2, -0.15) is 9.37 Å². The minimum Gasteiger partial charge on any atom is -0.483 e. The van der Waals surface area contributed by atoms with E-state index >= 15 is 4.39 Å². The van der Waals surface area contributed by atoms with Crippen LogP contribution in [0.5, 0.6) is 5.75 Å². The normalized spacial score (nSPS) is 16.5. The van der Waals surface area contributed by atoms with Gasteiger partial charge >= 0.3 is 5.69 Å². The molecule has 1 fully saturated rings. The lowest BCUT2D eigenvalue weighted by atomic mass is 10.0. The quantitative estimate of drug-likeness (QED) is 0.321. The molecule has 0 unspecified atom stereocenters. The molecule has 6 rings (SSSR count). The second kappa shape index (κ2) is 10.0. The summed E-state index contributed by atoms with van der Waals surface area (Å²) in [5, 5.41) is 0.842. The standard InChI is InChI=1S/C30H30ClFN6O3/c1-6-23(39)35-11-12-36(18(5)14-35)29-20-13-21(31)27-28(41-15-19-7-8-22(32)37(19)27)26(20)38(30(40)34-29)25-17(4)9-10-33-24(25)16(2)3/h6-10,13,16,18H,1,11-12,14-15H2,2-5H3/t18-/m0/s1. The summed E-state index contributed by atoms with van der Waals surface area (Å²) in [6.45, 7) is 12.9. The fourth-order valence-electron chi connectivity index (χ4n) is 5.91. The molecule has 2 aliphatic heterocycles. The molecule has 9 nitrogen and oxygen atoms in total. The SMILES string of the molecule is C=CC(=O)N1CCN(c2nc(=O)n(-c3c(C)ccnc3C(C)C)c3c4c(c(Cl)cc23)-n2c(F)ccc2CO4)[C@@H](C)C1. The summed E-state index contributed by atoms with van der Waals surface area (Å²) in [5.74, 6) is 0.0970. The van der Waals surface area contributed by atoms with Crippen LogP contribution in [0.2, 0.25) is 5.02 Å². The van der Waals surface area contributed by atoms with Crippen LogP contribution < -0.4 is 15.3 Å². The summed E-state index contributed by atoms with van der Waals surface area (Å²) in [4.78, 5) is 39.4. The van der Waals surface area contributed by atoms with Gasteiger partial charge < -0.3 is 14.5 Å². The number of amides is 1. The second-order valence-corrected chi connectivity index (χ2v) is 11.2. The first-order valence-corrected chi connectivity index (χ1v) is 13.9. The number of pyridine rings is 1. The molecule has 212 valence electrons. The predicted octanol–water partition coefficient (Wildman–Crippen LogP) is 4.91. The van der Waals surface area contributed by atoms with E-state index in [4.69, 9.17) is 16.3 Å². The maximum absolute atomic E-state index is 15.1. The first-order valence-electron chi connectivity index (χ1n) is 13.5. The van der Waals surface area contributed by atoms with Crippen LogP contribution in [0.1, 0.15) is 43.6 Å². The van der Waals surface area contributed by atoms with Crippen LogP contribution in [0, 0.1) is 12.9 Å². The molecule has 1 amide bonds. The summed E-state index contributed by atoms with van der Waals surface area (Å²) in [6, 6.07) is 6.43. The Morgan fingerprint density at radius 1 is 1.22 bits per heavy atom. The molecule has 4 aromatic rings. The molecular formula is C30H30ClFN6O3. The predicted molar refractivity (Wildman–Crippen MR) is 156 cm³/mol. The average molecular weight is 577 g/mol. The van der Waals surface area contributed by atoms with Gasteiger partial charge in [0.2, 0.25) is 5.91 Å². The molecule has 0 spiro atoms. The number of halogens is 2.